The van der Waals surface area contributed by atoms with Crippen molar-refractivity contribution in [2.75, 3.05) is 13.1 Å². The zero-order valence-electron chi connectivity index (χ0n) is 13.5. The minimum atomic E-state index is -0.209. The molecule has 0 aromatic carbocycles. The molecule has 23 heavy (non-hydrogen) atoms. The van der Waals surface area contributed by atoms with Crippen LogP contribution in [0.5, 0.6) is 0 Å². The molecule has 122 valence electrons. The molecule has 1 amide bonds. The summed E-state index contributed by atoms with van der Waals surface area (Å²) in [6, 6.07) is 3.47. The van der Waals surface area contributed by atoms with E-state index < -0.39 is 0 Å². The maximum Gasteiger partial charge on any atom is 0.263 e. The number of hydrogen-bond acceptors (Lipinski definition) is 4. The van der Waals surface area contributed by atoms with E-state index in [1.165, 1.54) is 6.33 Å². The van der Waals surface area contributed by atoms with Crippen LogP contribution in [0, 0.1) is 6.92 Å². The lowest BCUT2D eigenvalue weighted by molar-refractivity contribution is 0.0702. The number of carbonyl (C=O) groups is 1. The van der Waals surface area contributed by atoms with Gasteiger partial charge < -0.3 is 9.47 Å². The van der Waals surface area contributed by atoms with E-state index in [1.807, 2.05) is 19.9 Å². The predicted octanol–water partition coefficient (Wildman–Crippen LogP) is 1.31. The molecule has 2 aromatic rings. The summed E-state index contributed by atoms with van der Waals surface area (Å²) in [6.07, 6.45) is 3.34. The lowest BCUT2D eigenvalue weighted by Gasteiger charge is -2.31. The predicted molar refractivity (Wildman–Crippen MR) is 85.4 cm³/mol. The van der Waals surface area contributed by atoms with Crippen LogP contribution in [0.15, 0.2) is 23.3 Å². The van der Waals surface area contributed by atoms with Crippen LogP contribution in [0.4, 0.5) is 0 Å². The molecule has 7 heteroatoms. The topological polar surface area (TPSA) is 83.9 Å². The van der Waals surface area contributed by atoms with Crippen LogP contribution in [0.3, 0.4) is 0 Å². The number of nitrogens with one attached hydrogen (secondary N) is 1. The van der Waals surface area contributed by atoms with Crippen molar-refractivity contribution in [2.24, 2.45) is 0 Å². The highest BCUT2D eigenvalue weighted by Crippen LogP contribution is 2.24. The monoisotopic (exact) mass is 315 g/mol. The van der Waals surface area contributed by atoms with Gasteiger partial charge in [-0.2, -0.15) is 5.10 Å². The summed E-state index contributed by atoms with van der Waals surface area (Å²) in [5.74, 6) is 0.757. The summed E-state index contributed by atoms with van der Waals surface area (Å²) in [5.41, 5.74) is 0.905. The van der Waals surface area contributed by atoms with Crippen molar-refractivity contribution in [1.82, 2.24) is 24.6 Å². The Morgan fingerprint density at radius 3 is 2.96 bits per heavy atom. The Bertz CT molecular complexity index is 750. The number of rotatable bonds is 3. The summed E-state index contributed by atoms with van der Waals surface area (Å²) in [6.45, 7) is 5.58. The first-order valence-electron chi connectivity index (χ1n) is 7.96. The van der Waals surface area contributed by atoms with Crippen molar-refractivity contribution >= 4 is 5.91 Å². The number of hydrogen-bond donors (Lipinski definition) is 1. The van der Waals surface area contributed by atoms with Crippen LogP contribution in [0.1, 0.15) is 47.6 Å². The average molecular weight is 315 g/mol. The van der Waals surface area contributed by atoms with Crippen molar-refractivity contribution < 1.29 is 4.79 Å². The molecule has 0 radical (unpaired) electrons. The number of nitrogens with zero attached hydrogens (tertiary/aromatic N) is 4. The summed E-state index contributed by atoms with van der Waals surface area (Å²) in [4.78, 5) is 31.2. The fourth-order valence-corrected chi connectivity index (χ4v) is 3.19. The van der Waals surface area contributed by atoms with Gasteiger partial charge in [0, 0.05) is 31.2 Å². The van der Waals surface area contributed by atoms with Crippen LogP contribution in [-0.4, -0.2) is 43.6 Å². The molecular weight excluding hydrogens is 294 g/mol. The highest BCUT2D eigenvalue weighted by atomic mass is 16.2. The zero-order valence-corrected chi connectivity index (χ0v) is 13.5. The standard InChI is InChI=1S/C16H21N5O2/c1-3-21-11(2)6-7-13(16(21)23)15(22)20-8-4-5-12(9-20)14-17-10-18-19-14/h6-7,10,12H,3-5,8-9H2,1-2H3,(H,17,18,19). The Labute approximate surface area is 134 Å². The third-order valence-electron chi connectivity index (χ3n) is 4.47. The van der Waals surface area contributed by atoms with Crippen molar-refractivity contribution in [1.29, 1.82) is 0 Å². The SMILES string of the molecule is CCn1c(C)ccc(C(=O)N2CCCC(c3ncn[nH]3)C2)c1=O. The van der Waals surface area contributed by atoms with Gasteiger partial charge in [-0.1, -0.05) is 0 Å². The summed E-state index contributed by atoms with van der Waals surface area (Å²) >= 11 is 0. The number of H-pyrrole nitrogens is 1. The van der Waals surface area contributed by atoms with Crippen LogP contribution in [-0.2, 0) is 6.54 Å². The van der Waals surface area contributed by atoms with Crippen LogP contribution < -0.4 is 5.56 Å². The van der Waals surface area contributed by atoms with Gasteiger partial charge in [0.05, 0.1) is 0 Å². The molecule has 1 aliphatic rings. The molecule has 3 heterocycles. The lowest BCUT2D eigenvalue weighted by atomic mass is 9.97. The van der Waals surface area contributed by atoms with Gasteiger partial charge in [0.1, 0.15) is 17.7 Å². The fourth-order valence-electron chi connectivity index (χ4n) is 3.19. The molecule has 7 nitrogen and oxygen atoms in total. The molecule has 0 spiro atoms. The van der Waals surface area contributed by atoms with E-state index in [0.717, 1.165) is 24.4 Å². The molecular formula is C16H21N5O2. The van der Waals surface area contributed by atoms with Gasteiger partial charge in [-0.3, -0.25) is 14.7 Å². The van der Waals surface area contributed by atoms with Crippen molar-refractivity contribution in [3.05, 3.63) is 45.9 Å². The van der Waals surface area contributed by atoms with E-state index in [1.54, 1.807) is 15.5 Å². The second-order valence-corrected chi connectivity index (χ2v) is 5.90. The Morgan fingerprint density at radius 2 is 2.26 bits per heavy atom. The average Bonchev–Trinajstić information content (AvgIpc) is 3.09. The molecule has 1 N–H and O–H groups in total. The van der Waals surface area contributed by atoms with E-state index in [-0.39, 0.29) is 22.9 Å². The minimum Gasteiger partial charge on any atom is -0.338 e. The smallest absolute Gasteiger partial charge is 0.263 e. The maximum absolute atomic E-state index is 12.8. The minimum absolute atomic E-state index is 0.147. The first-order valence-corrected chi connectivity index (χ1v) is 7.96. The second-order valence-electron chi connectivity index (χ2n) is 5.90. The first-order chi connectivity index (χ1) is 11.1. The lowest BCUT2D eigenvalue weighted by Crippen LogP contribution is -2.42. The second kappa shape index (κ2) is 6.36. The molecule has 0 aliphatic carbocycles. The van der Waals surface area contributed by atoms with Crippen molar-refractivity contribution in [3.8, 4) is 0 Å². The number of piperidine rings is 1. The van der Waals surface area contributed by atoms with Gasteiger partial charge in [0.25, 0.3) is 11.5 Å². The van der Waals surface area contributed by atoms with E-state index in [2.05, 4.69) is 15.2 Å². The van der Waals surface area contributed by atoms with Gasteiger partial charge in [0.15, 0.2) is 0 Å². The summed E-state index contributed by atoms with van der Waals surface area (Å²) < 4.78 is 1.63. The first kappa shape index (κ1) is 15.5. The van der Waals surface area contributed by atoms with E-state index >= 15 is 0 Å². The van der Waals surface area contributed by atoms with Gasteiger partial charge in [0.2, 0.25) is 0 Å². The summed E-state index contributed by atoms with van der Waals surface area (Å²) in [5, 5.41) is 6.76. The highest BCUT2D eigenvalue weighted by Gasteiger charge is 2.28. The van der Waals surface area contributed by atoms with E-state index in [0.29, 0.717) is 19.6 Å². The number of amides is 1. The van der Waals surface area contributed by atoms with Crippen molar-refractivity contribution in [2.45, 2.75) is 39.2 Å². The fraction of sp³-hybridized carbons (Fsp3) is 0.500. The number of carbonyl (C=O) groups excluding carboxylic acids is 1. The van der Waals surface area contributed by atoms with Crippen LogP contribution in [0.25, 0.3) is 0 Å². The van der Waals surface area contributed by atoms with Crippen molar-refractivity contribution in [3.63, 3.8) is 0 Å². The Balaban J connectivity index is 1.84. The van der Waals surface area contributed by atoms with Gasteiger partial charge in [-0.15, -0.1) is 0 Å². The highest BCUT2D eigenvalue weighted by molar-refractivity contribution is 5.94. The summed E-state index contributed by atoms with van der Waals surface area (Å²) in [7, 11) is 0. The largest absolute Gasteiger partial charge is 0.338 e. The third kappa shape index (κ3) is 2.91. The van der Waals surface area contributed by atoms with Crippen LogP contribution >= 0.6 is 0 Å². The molecule has 1 unspecified atom stereocenters. The molecule has 0 saturated carbocycles. The number of likely N-dealkylation sites (tertiary alicyclic amines) is 1. The molecule has 1 atom stereocenters. The molecule has 1 aliphatic heterocycles. The number of aryl methyl sites for hydroxylation is 1. The van der Waals surface area contributed by atoms with E-state index in [4.69, 9.17) is 0 Å². The maximum atomic E-state index is 12.8. The zero-order chi connectivity index (χ0) is 16.4. The van der Waals surface area contributed by atoms with Gasteiger partial charge in [-0.05, 0) is 38.8 Å². The normalized spacial score (nSPS) is 18.2. The van der Waals surface area contributed by atoms with Crippen LogP contribution in [0.2, 0.25) is 0 Å². The quantitative estimate of drug-likeness (QED) is 0.925. The molecule has 1 fully saturated rings. The third-order valence-corrected chi connectivity index (χ3v) is 4.47. The van der Waals surface area contributed by atoms with Gasteiger partial charge in [-0.25, -0.2) is 4.98 Å². The Kier molecular flexibility index (Phi) is 4.27. The van der Waals surface area contributed by atoms with Gasteiger partial charge >= 0.3 is 0 Å². The molecule has 0 bridgehead atoms. The van der Waals surface area contributed by atoms with E-state index in [9.17, 15) is 9.59 Å². The Morgan fingerprint density at radius 1 is 1.43 bits per heavy atom. The number of aromatic nitrogens is 4. The molecule has 3 rings (SSSR count). The number of pyridine rings is 1. The number of aromatic amines is 1. The molecule has 1 saturated heterocycles. The molecule has 2 aromatic heterocycles. The Hall–Kier alpha value is -2.44.